The Morgan fingerprint density at radius 2 is 1.75 bits per heavy atom. The van der Waals surface area contributed by atoms with E-state index in [1.165, 1.54) is 25.3 Å². The zero-order valence-electron chi connectivity index (χ0n) is 19.7. The van der Waals surface area contributed by atoms with Crippen molar-refractivity contribution in [1.29, 1.82) is 0 Å². The molecule has 1 aliphatic rings. The molecule has 0 aliphatic carbocycles. The summed E-state index contributed by atoms with van der Waals surface area (Å²) < 4.78 is 25.2. The summed E-state index contributed by atoms with van der Waals surface area (Å²) in [7, 11) is 1.48. The molecule has 3 aromatic rings. The number of hydrogen-bond acceptors (Lipinski definition) is 5. The number of amides is 4. The van der Waals surface area contributed by atoms with Gasteiger partial charge < -0.3 is 9.47 Å². The van der Waals surface area contributed by atoms with Crippen LogP contribution in [0.15, 0.2) is 60.2 Å². The molecule has 0 saturated carbocycles. The highest BCUT2D eigenvalue weighted by atomic mass is 127. The fourth-order valence-electron chi connectivity index (χ4n) is 3.70. The first kappa shape index (κ1) is 25.4. The maximum absolute atomic E-state index is 13.3. The van der Waals surface area contributed by atoms with E-state index in [0.29, 0.717) is 26.3 Å². The minimum absolute atomic E-state index is 0.187. The van der Waals surface area contributed by atoms with Crippen molar-refractivity contribution in [2.75, 3.05) is 12.0 Å². The average molecular weight is 600 g/mol. The van der Waals surface area contributed by atoms with Gasteiger partial charge in [0, 0.05) is 0 Å². The number of aryl methyl sites for hydroxylation is 2. The van der Waals surface area contributed by atoms with E-state index >= 15 is 0 Å². The summed E-state index contributed by atoms with van der Waals surface area (Å²) in [5, 5.41) is 2.25. The highest BCUT2D eigenvalue weighted by Crippen LogP contribution is 2.36. The summed E-state index contributed by atoms with van der Waals surface area (Å²) in [6, 6.07) is 13.9. The monoisotopic (exact) mass is 600 g/mol. The van der Waals surface area contributed by atoms with E-state index in [4.69, 9.17) is 9.47 Å². The summed E-state index contributed by atoms with van der Waals surface area (Å²) in [6.45, 7) is 3.83. The molecule has 1 saturated heterocycles. The standard InChI is InChI=1S/C27H22FIN2O5/c1-15-4-5-16(2)22(10-15)31-26(33)20(25(32)30-27(31)34)11-18-12-21(29)24(23(13-18)35-3)36-14-17-6-8-19(28)9-7-17/h4-13H,14H2,1-3H3,(H,30,32,34)/b20-11+. The van der Waals surface area contributed by atoms with Gasteiger partial charge in [0.1, 0.15) is 18.0 Å². The number of imide groups is 2. The van der Waals surface area contributed by atoms with Gasteiger partial charge in [0.2, 0.25) is 0 Å². The quantitative estimate of drug-likeness (QED) is 0.236. The highest BCUT2D eigenvalue weighted by molar-refractivity contribution is 14.1. The molecular formula is C27H22FIN2O5. The Morgan fingerprint density at radius 1 is 1.03 bits per heavy atom. The van der Waals surface area contributed by atoms with Crippen molar-refractivity contribution < 1.29 is 28.2 Å². The molecule has 0 spiro atoms. The van der Waals surface area contributed by atoms with Gasteiger partial charge in [-0.25, -0.2) is 14.1 Å². The summed E-state index contributed by atoms with van der Waals surface area (Å²) in [6.07, 6.45) is 1.41. The molecule has 36 heavy (non-hydrogen) atoms. The lowest BCUT2D eigenvalue weighted by Crippen LogP contribution is -2.54. The molecular weight excluding hydrogens is 578 g/mol. The Labute approximate surface area is 221 Å². The van der Waals surface area contributed by atoms with Gasteiger partial charge in [-0.15, -0.1) is 0 Å². The third-order valence-electron chi connectivity index (χ3n) is 5.57. The molecule has 0 atom stereocenters. The van der Waals surface area contributed by atoms with Crippen LogP contribution in [0.3, 0.4) is 0 Å². The predicted molar refractivity (Wildman–Crippen MR) is 141 cm³/mol. The first-order valence-electron chi connectivity index (χ1n) is 10.9. The number of barbiturate groups is 1. The molecule has 0 bridgehead atoms. The van der Waals surface area contributed by atoms with E-state index in [9.17, 15) is 18.8 Å². The number of nitrogens with one attached hydrogen (secondary N) is 1. The Balaban J connectivity index is 1.66. The molecule has 1 N–H and O–H groups in total. The Morgan fingerprint density at radius 3 is 2.44 bits per heavy atom. The fourth-order valence-corrected chi connectivity index (χ4v) is 4.48. The number of nitrogens with zero attached hydrogens (tertiary/aromatic N) is 1. The summed E-state index contributed by atoms with van der Waals surface area (Å²) in [4.78, 5) is 39.4. The van der Waals surface area contributed by atoms with E-state index in [1.807, 2.05) is 19.1 Å². The van der Waals surface area contributed by atoms with Crippen molar-refractivity contribution in [3.63, 3.8) is 0 Å². The molecule has 1 heterocycles. The largest absolute Gasteiger partial charge is 0.493 e. The van der Waals surface area contributed by atoms with Crippen LogP contribution in [0.5, 0.6) is 11.5 Å². The lowest BCUT2D eigenvalue weighted by molar-refractivity contribution is -0.122. The Bertz CT molecular complexity index is 1400. The maximum Gasteiger partial charge on any atom is 0.335 e. The second kappa shape index (κ2) is 10.5. The van der Waals surface area contributed by atoms with Crippen molar-refractivity contribution in [3.05, 3.63) is 91.8 Å². The molecule has 0 radical (unpaired) electrons. The Kier molecular flexibility index (Phi) is 7.39. The van der Waals surface area contributed by atoms with Crippen LogP contribution in [0, 0.1) is 23.2 Å². The van der Waals surface area contributed by atoms with E-state index in [1.54, 1.807) is 37.3 Å². The van der Waals surface area contributed by atoms with Crippen LogP contribution < -0.4 is 19.7 Å². The number of carbonyl (C=O) groups is 3. The number of ether oxygens (including phenoxy) is 2. The second-order valence-corrected chi connectivity index (χ2v) is 9.36. The lowest BCUT2D eigenvalue weighted by atomic mass is 10.0. The normalized spacial score (nSPS) is 14.8. The molecule has 3 aromatic carbocycles. The van der Waals surface area contributed by atoms with E-state index in [-0.39, 0.29) is 18.0 Å². The molecule has 1 fully saturated rings. The smallest absolute Gasteiger partial charge is 0.335 e. The summed E-state index contributed by atoms with van der Waals surface area (Å²) in [5.74, 6) is -0.971. The third-order valence-corrected chi connectivity index (χ3v) is 6.37. The first-order valence-corrected chi connectivity index (χ1v) is 12.0. The van der Waals surface area contributed by atoms with Gasteiger partial charge in [-0.05, 0) is 95.1 Å². The molecule has 7 nitrogen and oxygen atoms in total. The number of carbonyl (C=O) groups excluding carboxylic acids is 3. The maximum atomic E-state index is 13.3. The van der Waals surface area contributed by atoms with Crippen molar-refractivity contribution in [3.8, 4) is 11.5 Å². The van der Waals surface area contributed by atoms with Crippen LogP contribution in [0.25, 0.3) is 6.08 Å². The van der Waals surface area contributed by atoms with Crippen molar-refractivity contribution in [2.45, 2.75) is 20.5 Å². The molecule has 4 amide bonds. The molecule has 1 aliphatic heterocycles. The topological polar surface area (TPSA) is 84.9 Å². The number of anilines is 1. The summed E-state index contributed by atoms with van der Waals surface area (Å²) in [5.41, 5.74) is 3.10. The number of methoxy groups -OCH3 is 1. The van der Waals surface area contributed by atoms with Crippen molar-refractivity contribution in [1.82, 2.24) is 5.32 Å². The van der Waals surface area contributed by atoms with Crippen LogP contribution in [0.1, 0.15) is 22.3 Å². The van der Waals surface area contributed by atoms with Gasteiger partial charge >= 0.3 is 6.03 Å². The van der Waals surface area contributed by atoms with Gasteiger partial charge in [-0.2, -0.15) is 0 Å². The van der Waals surface area contributed by atoms with Gasteiger partial charge in [0.05, 0.1) is 16.4 Å². The number of urea groups is 1. The number of hydrogen-bond donors (Lipinski definition) is 1. The molecule has 0 aromatic heterocycles. The number of rotatable bonds is 6. The number of benzene rings is 3. The SMILES string of the molecule is COc1cc(/C=C2\C(=O)NC(=O)N(c3cc(C)ccc3C)C2=O)cc(I)c1OCc1ccc(F)cc1. The Hall–Kier alpha value is -3.73. The lowest BCUT2D eigenvalue weighted by Gasteiger charge is -2.28. The molecule has 9 heteroatoms. The van der Waals surface area contributed by atoms with Gasteiger partial charge in [-0.3, -0.25) is 14.9 Å². The van der Waals surface area contributed by atoms with E-state index in [2.05, 4.69) is 27.9 Å². The minimum Gasteiger partial charge on any atom is -0.493 e. The molecule has 184 valence electrons. The van der Waals surface area contributed by atoms with Crippen molar-refractivity contribution >= 4 is 52.2 Å². The van der Waals surface area contributed by atoms with Crippen LogP contribution in [0.2, 0.25) is 0 Å². The van der Waals surface area contributed by atoms with E-state index in [0.717, 1.165) is 21.6 Å². The van der Waals surface area contributed by atoms with Crippen LogP contribution in [-0.2, 0) is 16.2 Å². The summed E-state index contributed by atoms with van der Waals surface area (Å²) >= 11 is 2.07. The average Bonchev–Trinajstić information content (AvgIpc) is 2.84. The minimum atomic E-state index is -0.799. The zero-order valence-corrected chi connectivity index (χ0v) is 21.9. The van der Waals surface area contributed by atoms with Gasteiger partial charge in [0.25, 0.3) is 11.8 Å². The van der Waals surface area contributed by atoms with E-state index < -0.39 is 17.8 Å². The van der Waals surface area contributed by atoms with Gasteiger partial charge in [-0.1, -0.05) is 24.3 Å². The zero-order chi connectivity index (χ0) is 26.0. The molecule has 4 rings (SSSR count). The third kappa shape index (κ3) is 5.25. The van der Waals surface area contributed by atoms with Gasteiger partial charge in [0.15, 0.2) is 11.5 Å². The van der Waals surface area contributed by atoms with Crippen molar-refractivity contribution in [2.24, 2.45) is 0 Å². The van der Waals surface area contributed by atoms with Crippen LogP contribution >= 0.6 is 22.6 Å². The second-order valence-electron chi connectivity index (χ2n) is 8.20. The first-order chi connectivity index (χ1) is 17.2. The highest BCUT2D eigenvalue weighted by Gasteiger charge is 2.37. The fraction of sp³-hybridized carbons (Fsp3) is 0.148. The predicted octanol–water partition coefficient (Wildman–Crippen LogP) is 5.30. The van der Waals surface area contributed by atoms with Crippen LogP contribution in [0.4, 0.5) is 14.9 Å². The van der Waals surface area contributed by atoms with Crippen LogP contribution in [-0.4, -0.2) is 25.0 Å². The number of halogens is 2. The molecule has 0 unspecified atom stereocenters.